The van der Waals surface area contributed by atoms with Crippen LogP contribution in [0.4, 0.5) is 0 Å². The number of benzene rings is 2. The highest BCUT2D eigenvalue weighted by atomic mass is 16.2. The van der Waals surface area contributed by atoms with Crippen LogP contribution in [-0.2, 0) is 6.54 Å². The number of hydrogen-bond donors (Lipinski definition) is 1. The van der Waals surface area contributed by atoms with E-state index in [1.165, 1.54) is 16.6 Å². The summed E-state index contributed by atoms with van der Waals surface area (Å²) in [4.78, 5) is 30.2. The Bertz CT molecular complexity index is 1220. The lowest BCUT2D eigenvalue weighted by molar-refractivity contribution is 0.191. The third-order valence-corrected chi connectivity index (χ3v) is 6.64. The summed E-state index contributed by atoms with van der Waals surface area (Å²) in [6.07, 6.45) is 1.17. The van der Waals surface area contributed by atoms with E-state index in [0.29, 0.717) is 47.3 Å². The van der Waals surface area contributed by atoms with Crippen molar-refractivity contribution in [2.45, 2.75) is 18.9 Å². The summed E-state index contributed by atoms with van der Waals surface area (Å²) in [5.74, 6) is 1.85. The summed E-state index contributed by atoms with van der Waals surface area (Å²) in [5, 5.41) is 9.52. The van der Waals surface area contributed by atoms with E-state index in [1.807, 2.05) is 24.3 Å². The quantitative estimate of drug-likeness (QED) is 0.746. The van der Waals surface area contributed by atoms with Crippen molar-refractivity contribution in [3.8, 4) is 6.07 Å². The van der Waals surface area contributed by atoms with Crippen molar-refractivity contribution >= 4 is 10.9 Å². The van der Waals surface area contributed by atoms with Gasteiger partial charge in [0.15, 0.2) is 0 Å². The molecule has 0 spiro atoms. The molecule has 3 unspecified atom stereocenters. The number of aromatic nitrogens is 2. The maximum absolute atomic E-state index is 12.7. The van der Waals surface area contributed by atoms with E-state index in [-0.39, 0.29) is 11.2 Å². The van der Waals surface area contributed by atoms with Crippen LogP contribution in [0, 0.1) is 23.2 Å². The molecular formula is C23H22N4O2. The van der Waals surface area contributed by atoms with Gasteiger partial charge in [0.2, 0.25) is 0 Å². The van der Waals surface area contributed by atoms with Gasteiger partial charge in [0.05, 0.1) is 22.5 Å². The van der Waals surface area contributed by atoms with Crippen LogP contribution < -0.4 is 11.2 Å². The zero-order chi connectivity index (χ0) is 20.0. The first kappa shape index (κ1) is 17.9. The Hall–Kier alpha value is -3.17. The van der Waals surface area contributed by atoms with Gasteiger partial charge >= 0.3 is 5.69 Å². The van der Waals surface area contributed by atoms with Crippen molar-refractivity contribution in [1.29, 1.82) is 5.26 Å². The lowest BCUT2D eigenvalue weighted by atomic mass is 9.64. The number of nitrogens with zero attached hydrogens (tertiary/aromatic N) is 3. The van der Waals surface area contributed by atoms with E-state index < -0.39 is 0 Å². The molecule has 29 heavy (non-hydrogen) atoms. The number of fused-ring (bicyclic) bond motifs is 2. The summed E-state index contributed by atoms with van der Waals surface area (Å²) < 4.78 is 1.32. The monoisotopic (exact) mass is 386 g/mol. The highest BCUT2D eigenvalue weighted by Gasteiger charge is 2.47. The molecule has 2 aliphatic rings. The molecule has 0 radical (unpaired) electrons. The predicted molar refractivity (Wildman–Crippen MR) is 111 cm³/mol. The molecule has 2 aromatic carbocycles. The second-order valence-electron chi connectivity index (χ2n) is 8.19. The Labute approximate surface area is 168 Å². The number of nitriles is 1. The zero-order valence-electron chi connectivity index (χ0n) is 16.0. The smallest absolute Gasteiger partial charge is 0.307 e. The average Bonchev–Trinajstić information content (AvgIpc) is 3.04. The number of likely N-dealkylation sites (tertiary alicyclic amines) is 1. The molecule has 6 heteroatoms. The van der Waals surface area contributed by atoms with Crippen molar-refractivity contribution in [3.05, 3.63) is 80.5 Å². The fourth-order valence-electron chi connectivity index (χ4n) is 5.01. The molecule has 1 saturated heterocycles. The first-order valence-electron chi connectivity index (χ1n) is 10.1. The van der Waals surface area contributed by atoms with Crippen molar-refractivity contribution < 1.29 is 0 Å². The van der Waals surface area contributed by atoms with Gasteiger partial charge in [-0.15, -0.1) is 0 Å². The fourth-order valence-corrected chi connectivity index (χ4v) is 5.01. The summed E-state index contributed by atoms with van der Waals surface area (Å²) >= 11 is 0. The molecule has 6 nitrogen and oxygen atoms in total. The number of H-pyrrole nitrogens is 1. The van der Waals surface area contributed by atoms with Gasteiger partial charge in [-0.05, 0) is 54.0 Å². The molecule has 1 aromatic heterocycles. The minimum atomic E-state index is -0.341. The van der Waals surface area contributed by atoms with E-state index in [1.54, 1.807) is 12.1 Å². The van der Waals surface area contributed by atoms with Gasteiger partial charge in [-0.2, -0.15) is 5.26 Å². The Balaban J connectivity index is 1.27. The summed E-state index contributed by atoms with van der Waals surface area (Å²) in [5.41, 5.74) is 2.04. The summed E-state index contributed by atoms with van der Waals surface area (Å²) in [7, 11) is 0. The van der Waals surface area contributed by atoms with E-state index >= 15 is 0 Å². The molecule has 0 bridgehead atoms. The Kier molecular flexibility index (Phi) is 4.33. The first-order chi connectivity index (χ1) is 14.1. The van der Waals surface area contributed by atoms with E-state index in [4.69, 9.17) is 5.26 Å². The van der Waals surface area contributed by atoms with Crippen LogP contribution in [0.15, 0.2) is 58.1 Å². The first-order valence-corrected chi connectivity index (χ1v) is 10.1. The number of aromatic amines is 1. The van der Waals surface area contributed by atoms with Gasteiger partial charge in [-0.3, -0.25) is 9.36 Å². The third kappa shape index (κ3) is 3.08. The normalized spacial score (nSPS) is 23.5. The number of hydrogen-bond acceptors (Lipinski definition) is 4. The van der Waals surface area contributed by atoms with Gasteiger partial charge < -0.3 is 9.88 Å². The van der Waals surface area contributed by atoms with Crippen LogP contribution in [0.25, 0.3) is 10.9 Å². The second kappa shape index (κ2) is 7.02. The van der Waals surface area contributed by atoms with E-state index in [2.05, 4.69) is 28.1 Å². The molecule has 1 aliphatic carbocycles. The maximum Gasteiger partial charge on any atom is 0.328 e. The molecule has 1 saturated carbocycles. The molecule has 0 amide bonds. The molecule has 2 fully saturated rings. The number of nitrogens with one attached hydrogen (secondary N) is 1. The lowest BCUT2D eigenvalue weighted by Crippen LogP contribution is -2.38. The highest BCUT2D eigenvalue weighted by molar-refractivity contribution is 5.76. The Morgan fingerprint density at radius 2 is 1.83 bits per heavy atom. The van der Waals surface area contributed by atoms with Crippen LogP contribution in [-0.4, -0.2) is 34.1 Å². The van der Waals surface area contributed by atoms with Crippen molar-refractivity contribution in [1.82, 2.24) is 14.5 Å². The van der Waals surface area contributed by atoms with E-state index in [0.717, 1.165) is 13.1 Å². The van der Waals surface area contributed by atoms with Crippen LogP contribution in [0.1, 0.15) is 23.5 Å². The van der Waals surface area contributed by atoms with Crippen LogP contribution in [0.2, 0.25) is 0 Å². The summed E-state index contributed by atoms with van der Waals surface area (Å²) in [6.45, 7) is 3.13. The zero-order valence-corrected chi connectivity index (χ0v) is 16.0. The molecule has 5 rings (SSSR count). The average molecular weight is 386 g/mol. The second-order valence-corrected chi connectivity index (χ2v) is 8.19. The molecule has 3 atom stereocenters. The van der Waals surface area contributed by atoms with Gasteiger partial charge in [0.1, 0.15) is 0 Å². The topological polar surface area (TPSA) is 81.9 Å². The van der Waals surface area contributed by atoms with E-state index in [9.17, 15) is 9.59 Å². The minimum Gasteiger partial charge on any atom is -0.307 e. The van der Waals surface area contributed by atoms with Crippen LogP contribution >= 0.6 is 0 Å². The minimum absolute atomic E-state index is 0.220. The third-order valence-electron chi connectivity index (χ3n) is 6.64. The molecular weight excluding hydrogens is 364 g/mol. The van der Waals surface area contributed by atoms with Gasteiger partial charge in [-0.25, -0.2) is 4.79 Å². The van der Waals surface area contributed by atoms with Crippen LogP contribution in [0.3, 0.4) is 0 Å². The molecule has 1 N–H and O–H groups in total. The molecule has 2 heterocycles. The predicted octanol–water partition coefficient (Wildman–Crippen LogP) is 2.30. The van der Waals surface area contributed by atoms with Gasteiger partial charge in [0, 0.05) is 26.2 Å². The standard InChI is InChI=1S/C23H22N4O2/c24-12-15-5-7-16(8-6-15)19-11-17-13-26(14-20(17)19)9-10-27-22(28)18-3-1-2-4-21(18)25-23(27)29/h1-8,17,19-20H,9-11,13-14H2,(H,25,29). The largest absolute Gasteiger partial charge is 0.328 e. The van der Waals surface area contributed by atoms with Crippen molar-refractivity contribution in [2.24, 2.45) is 11.8 Å². The number of para-hydroxylation sites is 1. The number of rotatable bonds is 4. The highest BCUT2D eigenvalue weighted by Crippen LogP contribution is 2.51. The van der Waals surface area contributed by atoms with Gasteiger partial charge in [-0.1, -0.05) is 24.3 Å². The van der Waals surface area contributed by atoms with Crippen LogP contribution in [0.5, 0.6) is 0 Å². The molecule has 3 aromatic rings. The van der Waals surface area contributed by atoms with Crippen molar-refractivity contribution in [3.63, 3.8) is 0 Å². The molecule has 146 valence electrons. The van der Waals surface area contributed by atoms with Gasteiger partial charge in [0.25, 0.3) is 5.56 Å². The lowest BCUT2D eigenvalue weighted by Gasteiger charge is -2.40. The molecule has 1 aliphatic heterocycles. The Morgan fingerprint density at radius 3 is 2.62 bits per heavy atom. The van der Waals surface area contributed by atoms with Crippen molar-refractivity contribution in [2.75, 3.05) is 19.6 Å². The maximum atomic E-state index is 12.7. The fraction of sp³-hybridized carbons (Fsp3) is 0.348. The SMILES string of the molecule is N#Cc1ccc(C2CC3CN(CCn4c(=O)[nH]c5ccccc5c4=O)CC32)cc1. The summed E-state index contributed by atoms with van der Waals surface area (Å²) in [6, 6.07) is 17.3. The Morgan fingerprint density at radius 1 is 1.03 bits per heavy atom.